The van der Waals surface area contributed by atoms with Gasteiger partial charge in [0.25, 0.3) is 0 Å². The number of aromatic nitrogens is 4. The van der Waals surface area contributed by atoms with E-state index in [1.807, 2.05) is 0 Å². The highest BCUT2D eigenvalue weighted by atomic mass is 35.5. The van der Waals surface area contributed by atoms with Crippen LogP contribution in [0.5, 0.6) is 0 Å². The van der Waals surface area contributed by atoms with Crippen LogP contribution in [0, 0.1) is 0 Å². The zero-order chi connectivity index (χ0) is 11.1. The van der Waals surface area contributed by atoms with E-state index in [1.54, 1.807) is 16.9 Å². The fourth-order valence-corrected chi connectivity index (χ4v) is 2.02. The van der Waals surface area contributed by atoms with E-state index < -0.39 is 0 Å². The first-order valence-corrected chi connectivity index (χ1v) is 5.21. The minimum Gasteiger partial charge on any atom is -0.366 e. The molecular formula is C9H14ClN7. The predicted octanol–water partition coefficient (Wildman–Crippen LogP) is -0.334. The Bertz CT molecular complexity index is 525. The molecular weight excluding hydrogens is 242 g/mol. The summed E-state index contributed by atoms with van der Waals surface area (Å²) < 4.78 is 1.64. The molecule has 1 fully saturated rings. The molecule has 0 radical (unpaired) electrons. The molecule has 1 unspecified atom stereocenters. The van der Waals surface area contributed by atoms with Gasteiger partial charge in [-0.25, -0.2) is 9.50 Å². The van der Waals surface area contributed by atoms with E-state index >= 15 is 0 Å². The minimum atomic E-state index is 0. The van der Waals surface area contributed by atoms with Crippen molar-refractivity contribution in [2.75, 3.05) is 23.7 Å². The van der Waals surface area contributed by atoms with Gasteiger partial charge in [0.05, 0.1) is 0 Å². The molecule has 92 valence electrons. The van der Waals surface area contributed by atoms with Crippen LogP contribution in [-0.2, 0) is 0 Å². The molecule has 2 aromatic rings. The summed E-state index contributed by atoms with van der Waals surface area (Å²) in [7, 11) is 0. The summed E-state index contributed by atoms with van der Waals surface area (Å²) in [5.41, 5.74) is 12.1. The van der Waals surface area contributed by atoms with Crippen molar-refractivity contribution in [1.82, 2.24) is 19.6 Å². The maximum atomic E-state index is 5.87. The molecule has 0 saturated carbocycles. The first-order valence-electron chi connectivity index (χ1n) is 5.21. The lowest BCUT2D eigenvalue weighted by atomic mass is 10.3. The Labute approximate surface area is 104 Å². The van der Waals surface area contributed by atoms with Crippen molar-refractivity contribution in [1.29, 1.82) is 0 Å². The Morgan fingerprint density at radius 1 is 1.41 bits per heavy atom. The highest BCUT2D eigenvalue weighted by Crippen LogP contribution is 2.21. The zero-order valence-electron chi connectivity index (χ0n) is 9.15. The Balaban J connectivity index is 0.00000108. The van der Waals surface area contributed by atoms with Gasteiger partial charge in [-0.3, -0.25) is 0 Å². The number of hydrogen-bond donors (Lipinski definition) is 2. The molecule has 0 amide bonds. The molecule has 8 heteroatoms. The second-order valence-corrected chi connectivity index (χ2v) is 3.98. The van der Waals surface area contributed by atoms with Gasteiger partial charge >= 0.3 is 0 Å². The van der Waals surface area contributed by atoms with E-state index in [1.165, 1.54) is 0 Å². The minimum absolute atomic E-state index is 0. The van der Waals surface area contributed by atoms with Gasteiger partial charge in [-0.1, -0.05) is 0 Å². The van der Waals surface area contributed by atoms with Crippen LogP contribution < -0.4 is 16.4 Å². The zero-order valence-corrected chi connectivity index (χ0v) is 9.97. The van der Waals surface area contributed by atoms with Gasteiger partial charge in [0, 0.05) is 31.5 Å². The van der Waals surface area contributed by atoms with Crippen LogP contribution in [-0.4, -0.2) is 38.7 Å². The molecule has 0 spiro atoms. The van der Waals surface area contributed by atoms with Crippen molar-refractivity contribution in [2.24, 2.45) is 5.73 Å². The standard InChI is InChI=1S/C9H13N7.ClH/c10-6-1-3-15(5-6)7-8-13-9(11)14-16(8)4-2-12-7;/h2,4,6H,1,3,5,10H2,(H2,11,14);1H. The Morgan fingerprint density at radius 3 is 2.94 bits per heavy atom. The first-order chi connectivity index (χ1) is 7.74. The van der Waals surface area contributed by atoms with Crippen LogP contribution in [0.1, 0.15) is 6.42 Å². The van der Waals surface area contributed by atoms with Gasteiger partial charge in [0.2, 0.25) is 5.95 Å². The van der Waals surface area contributed by atoms with Crippen molar-refractivity contribution in [3.63, 3.8) is 0 Å². The van der Waals surface area contributed by atoms with E-state index in [0.29, 0.717) is 5.65 Å². The molecule has 7 nitrogen and oxygen atoms in total. The van der Waals surface area contributed by atoms with Crippen molar-refractivity contribution in [2.45, 2.75) is 12.5 Å². The highest BCUT2D eigenvalue weighted by Gasteiger charge is 2.23. The van der Waals surface area contributed by atoms with E-state index in [4.69, 9.17) is 11.5 Å². The highest BCUT2D eigenvalue weighted by molar-refractivity contribution is 5.85. The van der Waals surface area contributed by atoms with Crippen LogP contribution in [0.4, 0.5) is 11.8 Å². The largest absolute Gasteiger partial charge is 0.366 e. The quantitative estimate of drug-likeness (QED) is 0.724. The molecule has 1 saturated heterocycles. The van der Waals surface area contributed by atoms with E-state index in [0.717, 1.165) is 25.3 Å². The van der Waals surface area contributed by atoms with Gasteiger partial charge in [-0.05, 0) is 6.42 Å². The molecule has 1 aliphatic heterocycles. The second-order valence-electron chi connectivity index (χ2n) is 3.98. The maximum Gasteiger partial charge on any atom is 0.240 e. The molecule has 1 aliphatic rings. The number of nitrogen functional groups attached to an aromatic ring is 1. The number of fused-ring (bicyclic) bond motifs is 1. The average Bonchev–Trinajstić information content (AvgIpc) is 2.82. The second kappa shape index (κ2) is 4.34. The van der Waals surface area contributed by atoms with Crippen LogP contribution in [0.25, 0.3) is 5.65 Å². The maximum absolute atomic E-state index is 5.87. The van der Waals surface area contributed by atoms with Crippen molar-refractivity contribution in [3.05, 3.63) is 12.4 Å². The Kier molecular flexibility index (Phi) is 3.03. The topological polar surface area (TPSA) is 98.4 Å². The van der Waals surface area contributed by atoms with Crippen LogP contribution in [0.2, 0.25) is 0 Å². The van der Waals surface area contributed by atoms with Crippen molar-refractivity contribution < 1.29 is 0 Å². The summed E-state index contributed by atoms with van der Waals surface area (Å²) in [5, 5.41) is 4.05. The number of rotatable bonds is 1. The third kappa shape index (κ3) is 1.98. The number of anilines is 2. The summed E-state index contributed by atoms with van der Waals surface area (Å²) >= 11 is 0. The van der Waals surface area contributed by atoms with Crippen molar-refractivity contribution in [3.8, 4) is 0 Å². The first kappa shape index (κ1) is 11.9. The Morgan fingerprint density at radius 2 is 2.24 bits per heavy atom. The predicted molar refractivity (Wildman–Crippen MR) is 67.2 cm³/mol. The molecule has 0 aliphatic carbocycles. The smallest absolute Gasteiger partial charge is 0.240 e. The molecule has 3 heterocycles. The van der Waals surface area contributed by atoms with Gasteiger partial charge in [0.1, 0.15) is 0 Å². The summed E-state index contributed by atoms with van der Waals surface area (Å²) in [6, 6.07) is 0.210. The monoisotopic (exact) mass is 255 g/mol. The van der Waals surface area contributed by atoms with Gasteiger partial charge < -0.3 is 16.4 Å². The summed E-state index contributed by atoms with van der Waals surface area (Å²) in [4.78, 5) is 10.6. The lowest BCUT2D eigenvalue weighted by molar-refractivity contribution is 0.751. The fraction of sp³-hybridized carbons (Fsp3) is 0.444. The number of halogens is 1. The molecule has 17 heavy (non-hydrogen) atoms. The average molecular weight is 256 g/mol. The molecule has 2 aromatic heterocycles. The number of nitrogens with zero attached hydrogens (tertiary/aromatic N) is 5. The number of nitrogens with two attached hydrogens (primary N) is 2. The third-order valence-electron chi connectivity index (χ3n) is 2.78. The molecule has 3 rings (SSSR count). The molecule has 0 aromatic carbocycles. The lowest BCUT2D eigenvalue weighted by Gasteiger charge is -2.16. The summed E-state index contributed by atoms with van der Waals surface area (Å²) in [5.74, 6) is 1.07. The van der Waals surface area contributed by atoms with Crippen LogP contribution in [0.3, 0.4) is 0 Å². The third-order valence-corrected chi connectivity index (χ3v) is 2.78. The summed E-state index contributed by atoms with van der Waals surface area (Å²) in [6.07, 6.45) is 4.41. The van der Waals surface area contributed by atoms with Gasteiger partial charge in [-0.15, -0.1) is 17.5 Å². The molecule has 4 N–H and O–H groups in total. The van der Waals surface area contributed by atoms with Crippen LogP contribution >= 0.6 is 12.4 Å². The molecule has 0 bridgehead atoms. The Hall–Kier alpha value is -1.60. The lowest BCUT2D eigenvalue weighted by Crippen LogP contribution is -2.27. The van der Waals surface area contributed by atoms with Gasteiger partial charge in [0.15, 0.2) is 11.5 Å². The fourth-order valence-electron chi connectivity index (χ4n) is 2.02. The van der Waals surface area contributed by atoms with E-state index in [-0.39, 0.29) is 24.4 Å². The van der Waals surface area contributed by atoms with Gasteiger partial charge in [-0.2, -0.15) is 4.98 Å². The van der Waals surface area contributed by atoms with E-state index in [9.17, 15) is 0 Å². The van der Waals surface area contributed by atoms with Crippen LogP contribution in [0.15, 0.2) is 12.4 Å². The normalized spacial score (nSPS) is 19.6. The SMILES string of the molecule is Cl.Nc1nc2c(N3CCC(N)C3)nccn2n1. The van der Waals surface area contributed by atoms with Crippen molar-refractivity contribution >= 4 is 29.8 Å². The molecule has 1 atom stereocenters. The number of hydrogen-bond acceptors (Lipinski definition) is 6. The van der Waals surface area contributed by atoms with E-state index in [2.05, 4.69) is 20.0 Å². The summed E-state index contributed by atoms with van der Waals surface area (Å²) in [6.45, 7) is 1.71.